The van der Waals surface area contributed by atoms with Crippen molar-refractivity contribution in [2.24, 2.45) is 0 Å². The van der Waals surface area contributed by atoms with E-state index < -0.39 is 0 Å². The third-order valence-electron chi connectivity index (χ3n) is 5.37. The molecule has 1 saturated heterocycles. The van der Waals surface area contributed by atoms with E-state index in [1.807, 2.05) is 29.2 Å². The van der Waals surface area contributed by atoms with E-state index in [0.29, 0.717) is 38.6 Å². The number of likely N-dealkylation sites (N-methyl/N-ethyl adjacent to an activating group) is 1. The van der Waals surface area contributed by atoms with E-state index in [4.69, 9.17) is 9.47 Å². The predicted octanol–water partition coefficient (Wildman–Crippen LogP) is 2.89. The van der Waals surface area contributed by atoms with Gasteiger partial charge in [-0.1, -0.05) is 19.1 Å². The van der Waals surface area contributed by atoms with Crippen LogP contribution in [0.4, 0.5) is 0 Å². The molecule has 1 aromatic carbocycles. The van der Waals surface area contributed by atoms with Crippen molar-refractivity contribution in [3.63, 3.8) is 0 Å². The Hall–Kier alpha value is -2.08. The van der Waals surface area contributed by atoms with Crippen LogP contribution < -0.4 is 4.74 Å². The Labute approximate surface area is 168 Å². The van der Waals surface area contributed by atoms with Gasteiger partial charge >= 0.3 is 5.97 Å². The van der Waals surface area contributed by atoms with Crippen LogP contribution in [0, 0.1) is 0 Å². The number of benzene rings is 1. The second-order valence-corrected chi connectivity index (χ2v) is 7.17. The van der Waals surface area contributed by atoms with Crippen molar-refractivity contribution in [3.8, 4) is 5.75 Å². The summed E-state index contributed by atoms with van der Waals surface area (Å²) in [5.74, 6) is 0.671. The SMILES string of the molecule is CCOC(=O)CCN(CC1CCCN1CC)C(=O)CCc1ccc(OC)cc1. The summed E-state index contributed by atoms with van der Waals surface area (Å²) in [5.41, 5.74) is 1.11. The van der Waals surface area contributed by atoms with Crippen molar-refractivity contribution < 1.29 is 19.1 Å². The maximum atomic E-state index is 12.9. The number of methoxy groups -OCH3 is 1. The molecule has 2 rings (SSSR count). The van der Waals surface area contributed by atoms with E-state index in [0.717, 1.165) is 30.8 Å². The third-order valence-corrected chi connectivity index (χ3v) is 5.37. The molecule has 156 valence electrons. The number of esters is 1. The zero-order valence-electron chi connectivity index (χ0n) is 17.5. The highest BCUT2D eigenvalue weighted by Crippen LogP contribution is 2.19. The molecule has 0 N–H and O–H groups in total. The average Bonchev–Trinajstić information content (AvgIpc) is 3.17. The molecule has 1 aliphatic heterocycles. The van der Waals surface area contributed by atoms with Gasteiger partial charge in [0.25, 0.3) is 0 Å². The fraction of sp³-hybridized carbons (Fsp3) is 0.636. The van der Waals surface area contributed by atoms with E-state index in [2.05, 4.69) is 11.8 Å². The fourth-order valence-corrected chi connectivity index (χ4v) is 3.75. The molecule has 1 aromatic rings. The summed E-state index contributed by atoms with van der Waals surface area (Å²) >= 11 is 0. The maximum absolute atomic E-state index is 12.9. The summed E-state index contributed by atoms with van der Waals surface area (Å²) in [7, 11) is 1.64. The standard InChI is InChI=1S/C22H34N2O4/c1-4-23-15-6-7-19(23)17-24(16-14-22(26)28-5-2)21(25)13-10-18-8-11-20(27-3)12-9-18/h8-9,11-12,19H,4-7,10,13-17H2,1-3H3. The predicted molar refractivity (Wildman–Crippen MR) is 109 cm³/mol. The van der Waals surface area contributed by atoms with Gasteiger partial charge in [-0.05, 0) is 57.0 Å². The average molecular weight is 391 g/mol. The minimum Gasteiger partial charge on any atom is -0.497 e. The Morgan fingerprint density at radius 2 is 1.93 bits per heavy atom. The number of aryl methyl sites for hydroxylation is 1. The van der Waals surface area contributed by atoms with Gasteiger partial charge < -0.3 is 14.4 Å². The number of hydrogen-bond donors (Lipinski definition) is 0. The first kappa shape index (κ1) is 22.2. The van der Waals surface area contributed by atoms with E-state index >= 15 is 0 Å². The first-order valence-corrected chi connectivity index (χ1v) is 10.4. The highest BCUT2D eigenvalue weighted by atomic mass is 16.5. The van der Waals surface area contributed by atoms with E-state index in [1.165, 1.54) is 6.42 Å². The number of nitrogens with zero attached hydrogens (tertiary/aromatic N) is 2. The summed E-state index contributed by atoms with van der Waals surface area (Å²) in [4.78, 5) is 29.0. The number of carbonyl (C=O) groups excluding carboxylic acids is 2. The number of amides is 1. The molecule has 0 spiro atoms. The molecule has 1 amide bonds. The molecule has 1 heterocycles. The Balaban J connectivity index is 1.94. The van der Waals surface area contributed by atoms with E-state index in [-0.39, 0.29) is 18.3 Å². The van der Waals surface area contributed by atoms with Crippen LogP contribution in [0.1, 0.15) is 45.1 Å². The zero-order valence-corrected chi connectivity index (χ0v) is 17.5. The fourth-order valence-electron chi connectivity index (χ4n) is 3.75. The molecule has 6 heteroatoms. The minimum absolute atomic E-state index is 0.100. The molecule has 1 atom stereocenters. The van der Waals surface area contributed by atoms with Crippen LogP contribution in [0.3, 0.4) is 0 Å². The van der Waals surface area contributed by atoms with Crippen LogP contribution in [-0.4, -0.2) is 67.6 Å². The van der Waals surface area contributed by atoms with Gasteiger partial charge in [0, 0.05) is 25.6 Å². The molecule has 0 radical (unpaired) electrons. The quantitative estimate of drug-likeness (QED) is 0.544. The lowest BCUT2D eigenvalue weighted by atomic mass is 10.1. The lowest BCUT2D eigenvalue weighted by Gasteiger charge is -2.30. The summed E-state index contributed by atoms with van der Waals surface area (Å²) in [6, 6.07) is 8.19. The van der Waals surface area contributed by atoms with Crippen molar-refractivity contribution in [2.45, 2.75) is 52.0 Å². The summed E-state index contributed by atoms with van der Waals surface area (Å²) in [6.45, 7) is 7.53. The van der Waals surface area contributed by atoms with Gasteiger partial charge in [0.1, 0.15) is 5.75 Å². The molecular weight excluding hydrogens is 356 g/mol. The third kappa shape index (κ3) is 6.82. The van der Waals surface area contributed by atoms with Crippen molar-refractivity contribution in [1.82, 2.24) is 9.80 Å². The largest absolute Gasteiger partial charge is 0.497 e. The second kappa shape index (κ2) is 11.7. The molecular formula is C22H34N2O4. The molecule has 28 heavy (non-hydrogen) atoms. The Kier molecular flexibility index (Phi) is 9.28. The minimum atomic E-state index is -0.241. The first-order valence-electron chi connectivity index (χ1n) is 10.4. The second-order valence-electron chi connectivity index (χ2n) is 7.17. The Morgan fingerprint density at radius 1 is 1.18 bits per heavy atom. The van der Waals surface area contributed by atoms with Gasteiger partial charge in [-0.2, -0.15) is 0 Å². The summed E-state index contributed by atoms with van der Waals surface area (Å²) < 4.78 is 10.2. The molecule has 1 aliphatic rings. The van der Waals surface area contributed by atoms with Crippen molar-refractivity contribution in [1.29, 1.82) is 0 Å². The highest BCUT2D eigenvalue weighted by Gasteiger charge is 2.27. The topological polar surface area (TPSA) is 59.1 Å². The number of likely N-dealkylation sites (tertiary alicyclic amines) is 1. The van der Waals surface area contributed by atoms with Gasteiger partial charge in [-0.25, -0.2) is 0 Å². The smallest absolute Gasteiger partial charge is 0.307 e. The van der Waals surface area contributed by atoms with Crippen LogP contribution in [0.25, 0.3) is 0 Å². The van der Waals surface area contributed by atoms with Crippen LogP contribution in [0.5, 0.6) is 5.75 Å². The number of hydrogen-bond acceptors (Lipinski definition) is 5. The first-order chi connectivity index (χ1) is 13.6. The molecule has 0 bridgehead atoms. The number of carbonyl (C=O) groups is 2. The van der Waals surface area contributed by atoms with Crippen LogP contribution in [-0.2, 0) is 20.7 Å². The monoisotopic (exact) mass is 390 g/mol. The Bertz CT molecular complexity index is 617. The van der Waals surface area contributed by atoms with Crippen LogP contribution in [0.15, 0.2) is 24.3 Å². The van der Waals surface area contributed by atoms with Crippen molar-refractivity contribution in [3.05, 3.63) is 29.8 Å². The van der Waals surface area contributed by atoms with Crippen LogP contribution in [0.2, 0.25) is 0 Å². The van der Waals surface area contributed by atoms with Crippen LogP contribution >= 0.6 is 0 Å². The summed E-state index contributed by atoms with van der Waals surface area (Å²) in [6.07, 6.45) is 3.65. The van der Waals surface area contributed by atoms with Gasteiger partial charge in [0.05, 0.1) is 20.1 Å². The molecule has 1 fully saturated rings. The number of ether oxygens (including phenoxy) is 2. The number of rotatable bonds is 11. The van der Waals surface area contributed by atoms with E-state index in [9.17, 15) is 9.59 Å². The zero-order chi connectivity index (χ0) is 20.4. The molecule has 0 aliphatic carbocycles. The molecule has 0 saturated carbocycles. The maximum Gasteiger partial charge on any atom is 0.307 e. The Morgan fingerprint density at radius 3 is 2.57 bits per heavy atom. The lowest BCUT2D eigenvalue weighted by Crippen LogP contribution is -2.44. The summed E-state index contributed by atoms with van der Waals surface area (Å²) in [5, 5.41) is 0. The van der Waals surface area contributed by atoms with Gasteiger partial charge in [-0.3, -0.25) is 14.5 Å². The molecule has 0 aromatic heterocycles. The van der Waals surface area contributed by atoms with E-state index in [1.54, 1.807) is 14.0 Å². The van der Waals surface area contributed by atoms with Gasteiger partial charge in [0.2, 0.25) is 5.91 Å². The van der Waals surface area contributed by atoms with Gasteiger partial charge in [0.15, 0.2) is 0 Å². The molecule has 1 unspecified atom stereocenters. The normalized spacial score (nSPS) is 16.8. The van der Waals surface area contributed by atoms with Crippen molar-refractivity contribution >= 4 is 11.9 Å². The molecule has 6 nitrogen and oxygen atoms in total. The highest BCUT2D eigenvalue weighted by molar-refractivity contribution is 5.77. The van der Waals surface area contributed by atoms with Gasteiger partial charge in [-0.15, -0.1) is 0 Å². The van der Waals surface area contributed by atoms with Crippen molar-refractivity contribution in [2.75, 3.05) is 39.9 Å². The lowest BCUT2D eigenvalue weighted by molar-refractivity contribution is -0.144.